The minimum absolute atomic E-state index is 0.0481. The standard InChI is InChI=1S/C17H18N2O2S2/c1-11-6-8-23-15(11)10-19(3)16(20)9-13-12(2)21-17(18-13)14-5-4-7-22-14/h4-8H,9-10H2,1-3H3. The van der Waals surface area contributed by atoms with Crippen molar-refractivity contribution in [2.45, 2.75) is 26.8 Å². The molecule has 0 unspecified atom stereocenters. The summed E-state index contributed by atoms with van der Waals surface area (Å²) in [4.78, 5) is 20.9. The molecule has 0 aromatic carbocycles. The number of thiophene rings is 2. The average molecular weight is 346 g/mol. The van der Waals surface area contributed by atoms with Crippen LogP contribution >= 0.6 is 22.7 Å². The number of aryl methyl sites for hydroxylation is 2. The van der Waals surface area contributed by atoms with E-state index >= 15 is 0 Å². The number of carbonyl (C=O) groups excluding carboxylic acids is 1. The van der Waals surface area contributed by atoms with Crippen LogP contribution in [0.5, 0.6) is 0 Å². The number of oxazole rings is 1. The summed E-state index contributed by atoms with van der Waals surface area (Å²) in [6.07, 6.45) is 0.266. The molecule has 4 nitrogen and oxygen atoms in total. The first-order chi connectivity index (χ1) is 11.0. The minimum Gasteiger partial charge on any atom is -0.440 e. The van der Waals surface area contributed by atoms with Crippen molar-refractivity contribution in [1.29, 1.82) is 0 Å². The van der Waals surface area contributed by atoms with Gasteiger partial charge in [0.1, 0.15) is 5.76 Å². The SMILES string of the molecule is Cc1ccsc1CN(C)C(=O)Cc1nc(-c2cccs2)oc1C. The van der Waals surface area contributed by atoms with Gasteiger partial charge in [0.05, 0.1) is 23.5 Å². The van der Waals surface area contributed by atoms with Gasteiger partial charge in [-0.2, -0.15) is 0 Å². The lowest BCUT2D eigenvalue weighted by Crippen LogP contribution is -2.27. The molecule has 0 aliphatic carbocycles. The molecule has 0 radical (unpaired) electrons. The largest absolute Gasteiger partial charge is 0.440 e. The van der Waals surface area contributed by atoms with E-state index in [2.05, 4.69) is 23.4 Å². The van der Waals surface area contributed by atoms with Crippen molar-refractivity contribution in [3.63, 3.8) is 0 Å². The lowest BCUT2D eigenvalue weighted by atomic mass is 10.2. The second-order valence-corrected chi connectivity index (χ2v) is 7.40. The number of amides is 1. The van der Waals surface area contributed by atoms with Crippen LogP contribution in [0.4, 0.5) is 0 Å². The molecule has 3 aromatic heterocycles. The second kappa shape index (κ2) is 6.68. The molecule has 0 N–H and O–H groups in total. The van der Waals surface area contributed by atoms with Crippen LogP contribution in [0.15, 0.2) is 33.4 Å². The topological polar surface area (TPSA) is 46.3 Å². The summed E-state index contributed by atoms with van der Waals surface area (Å²) in [6, 6.07) is 6.00. The van der Waals surface area contributed by atoms with Crippen molar-refractivity contribution in [3.8, 4) is 10.8 Å². The van der Waals surface area contributed by atoms with Crippen LogP contribution in [-0.4, -0.2) is 22.8 Å². The Labute approximate surface area is 143 Å². The van der Waals surface area contributed by atoms with Gasteiger partial charge in [-0.25, -0.2) is 4.98 Å². The van der Waals surface area contributed by atoms with E-state index in [9.17, 15) is 4.79 Å². The molecule has 0 saturated heterocycles. The molecule has 0 aliphatic rings. The van der Waals surface area contributed by atoms with Gasteiger partial charge in [-0.3, -0.25) is 4.79 Å². The highest BCUT2D eigenvalue weighted by atomic mass is 32.1. The van der Waals surface area contributed by atoms with Gasteiger partial charge in [0.25, 0.3) is 0 Å². The van der Waals surface area contributed by atoms with Crippen molar-refractivity contribution < 1.29 is 9.21 Å². The molecule has 0 saturated carbocycles. The monoisotopic (exact) mass is 346 g/mol. The lowest BCUT2D eigenvalue weighted by molar-refractivity contribution is -0.129. The number of rotatable bonds is 5. The molecule has 0 aliphatic heterocycles. The highest BCUT2D eigenvalue weighted by Crippen LogP contribution is 2.26. The van der Waals surface area contributed by atoms with Crippen molar-refractivity contribution in [1.82, 2.24) is 9.88 Å². The van der Waals surface area contributed by atoms with Gasteiger partial charge in [-0.15, -0.1) is 22.7 Å². The van der Waals surface area contributed by atoms with Gasteiger partial charge < -0.3 is 9.32 Å². The number of hydrogen-bond acceptors (Lipinski definition) is 5. The van der Waals surface area contributed by atoms with Crippen LogP contribution in [0.3, 0.4) is 0 Å². The number of hydrogen-bond donors (Lipinski definition) is 0. The minimum atomic E-state index is 0.0481. The molecule has 6 heteroatoms. The molecule has 3 rings (SSSR count). The van der Waals surface area contributed by atoms with Crippen LogP contribution in [0, 0.1) is 13.8 Å². The van der Waals surface area contributed by atoms with Crippen LogP contribution < -0.4 is 0 Å². The number of aromatic nitrogens is 1. The number of nitrogens with zero attached hydrogens (tertiary/aromatic N) is 2. The molecular formula is C17H18N2O2S2. The molecule has 0 fully saturated rings. The second-order valence-electron chi connectivity index (χ2n) is 5.45. The van der Waals surface area contributed by atoms with Crippen molar-refractivity contribution in [3.05, 3.63) is 50.9 Å². The maximum absolute atomic E-state index is 12.4. The molecule has 0 spiro atoms. The smallest absolute Gasteiger partial charge is 0.236 e. The highest BCUT2D eigenvalue weighted by Gasteiger charge is 2.18. The van der Waals surface area contributed by atoms with E-state index in [4.69, 9.17) is 4.42 Å². The Morgan fingerprint density at radius 2 is 2.09 bits per heavy atom. The molecule has 3 heterocycles. The zero-order valence-electron chi connectivity index (χ0n) is 13.3. The normalized spacial score (nSPS) is 10.9. The van der Waals surface area contributed by atoms with Gasteiger partial charge in [0.2, 0.25) is 11.8 Å². The Morgan fingerprint density at radius 1 is 1.26 bits per heavy atom. The zero-order valence-corrected chi connectivity index (χ0v) is 15.0. The average Bonchev–Trinajstić information content (AvgIpc) is 3.23. The third-order valence-electron chi connectivity index (χ3n) is 3.72. The van der Waals surface area contributed by atoms with Crippen LogP contribution in [-0.2, 0) is 17.8 Å². The van der Waals surface area contributed by atoms with E-state index in [1.165, 1.54) is 10.4 Å². The molecule has 1 amide bonds. The predicted molar refractivity (Wildman–Crippen MR) is 93.8 cm³/mol. The van der Waals surface area contributed by atoms with Gasteiger partial charge >= 0.3 is 0 Å². The Morgan fingerprint density at radius 3 is 2.74 bits per heavy atom. The van der Waals surface area contributed by atoms with Crippen LogP contribution in [0.25, 0.3) is 10.8 Å². The Bertz CT molecular complexity index is 803. The predicted octanol–water partition coefficient (Wildman–Crippen LogP) is 4.28. The lowest BCUT2D eigenvalue weighted by Gasteiger charge is -2.16. The Hall–Kier alpha value is -1.92. The number of likely N-dealkylation sites (N-methyl/N-ethyl adjacent to an activating group) is 1. The van der Waals surface area contributed by atoms with E-state index in [1.807, 2.05) is 31.5 Å². The molecule has 120 valence electrons. The van der Waals surface area contributed by atoms with E-state index in [0.29, 0.717) is 23.9 Å². The summed E-state index contributed by atoms with van der Waals surface area (Å²) >= 11 is 3.26. The van der Waals surface area contributed by atoms with Crippen LogP contribution in [0.1, 0.15) is 21.9 Å². The van der Waals surface area contributed by atoms with E-state index in [-0.39, 0.29) is 12.3 Å². The first kappa shape index (κ1) is 16.0. The fraction of sp³-hybridized carbons (Fsp3) is 0.294. The summed E-state index contributed by atoms with van der Waals surface area (Å²) in [5.74, 6) is 1.35. The number of carbonyl (C=O) groups is 1. The van der Waals surface area contributed by atoms with Gasteiger partial charge in [0, 0.05) is 11.9 Å². The van der Waals surface area contributed by atoms with Crippen LogP contribution in [0.2, 0.25) is 0 Å². The van der Waals surface area contributed by atoms with E-state index in [1.54, 1.807) is 27.6 Å². The molecular weight excluding hydrogens is 328 g/mol. The summed E-state index contributed by atoms with van der Waals surface area (Å²) in [5.41, 5.74) is 1.94. The molecule has 0 bridgehead atoms. The van der Waals surface area contributed by atoms with Crippen molar-refractivity contribution in [2.24, 2.45) is 0 Å². The fourth-order valence-electron chi connectivity index (χ4n) is 2.25. The fourth-order valence-corrected chi connectivity index (χ4v) is 3.85. The molecule has 3 aromatic rings. The zero-order chi connectivity index (χ0) is 16.4. The first-order valence-electron chi connectivity index (χ1n) is 7.31. The van der Waals surface area contributed by atoms with Crippen molar-refractivity contribution >= 4 is 28.6 Å². The summed E-state index contributed by atoms with van der Waals surface area (Å²) in [7, 11) is 1.83. The summed E-state index contributed by atoms with van der Waals surface area (Å²) in [5, 5.41) is 4.04. The summed E-state index contributed by atoms with van der Waals surface area (Å²) < 4.78 is 5.70. The quantitative estimate of drug-likeness (QED) is 0.692. The van der Waals surface area contributed by atoms with Crippen molar-refractivity contribution in [2.75, 3.05) is 7.05 Å². The van der Waals surface area contributed by atoms with Gasteiger partial charge in [0.15, 0.2) is 0 Å². The Balaban J connectivity index is 1.69. The Kier molecular flexibility index (Phi) is 4.63. The van der Waals surface area contributed by atoms with Gasteiger partial charge in [-0.05, 0) is 42.3 Å². The third-order valence-corrected chi connectivity index (χ3v) is 5.58. The molecule has 23 heavy (non-hydrogen) atoms. The van der Waals surface area contributed by atoms with E-state index < -0.39 is 0 Å². The molecule has 0 atom stereocenters. The first-order valence-corrected chi connectivity index (χ1v) is 9.07. The maximum Gasteiger partial charge on any atom is 0.236 e. The van der Waals surface area contributed by atoms with E-state index in [0.717, 1.165) is 4.88 Å². The van der Waals surface area contributed by atoms with Gasteiger partial charge in [-0.1, -0.05) is 6.07 Å². The maximum atomic E-state index is 12.4. The third kappa shape index (κ3) is 3.54. The summed E-state index contributed by atoms with van der Waals surface area (Å²) in [6.45, 7) is 4.56. The highest BCUT2D eigenvalue weighted by molar-refractivity contribution is 7.13.